The summed E-state index contributed by atoms with van der Waals surface area (Å²) < 4.78 is 5.21. The van der Waals surface area contributed by atoms with Crippen molar-refractivity contribution in [2.75, 3.05) is 12.3 Å². The Hall–Kier alpha value is -0.900. The van der Waals surface area contributed by atoms with Crippen molar-refractivity contribution in [2.45, 2.75) is 26.5 Å². The van der Waals surface area contributed by atoms with Crippen LogP contribution in [0.5, 0.6) is 0 Å². The van der Waals surface area contributed by atoms with Crippen LogP contribution in [0.15, 0.2) is 22.8 Å². The van der Waals surface area contributed by atoms with Gasteiger partial charge in [0.2, 0.25) is 5.91 Å². The van der Waals surface area contributed by atoms with Crippen molar-refractivity contribution in [1.29, 1.82) is 0 Å². The maximum Gasteiger partial charge on any atom is 0.225 e. The highest BCUT2D eigenvalue weighted by Crippen LogP contribution is 2.13. The van der Waals surface area contributed by atoms with Crippen LogP contribution in [-0.4, -0.2) is 18.2 Å². The van der Waals surface area contributed by atoms with E-state index in [0.29, 0.717) is 6.54 Å². The zero-order chi connectivity index (χ0) is 12.0. The lowest BCUT2D eigenvalue weighted by molar-refractivity contribution is -0.128. The maximum atomic E-state index is 11.5. The highest BCUT2D eigenvalue weighted by Gasteiger charge is 2.20. The van der Waals surface area contributed by atoms with Crippen LogP contribution < -0.4 is 5.32 Å². The lowest BCUT2D eigenvalue weighted by Crippen LogP contribution is -2.36. The fraction of sp³-hybridized carbons (Fsp3) is 0.583. The normalized spacial score (nSPS) is 11.4. The van der Waals surface area contributed by atoms with Crippen LogP contribution >= 0.6 is 11.8 Å². The average Bonchev–Trinajstić information content (AvgIpc) is 2.68. The van der Waals surface area contributed by atoms with Gasteiger partial charge in [0, 0.05) is 17.7 Å². The first-order valence-corrected chi connectivity index (χ1v) is 6.54. The molecule has 0 fully saturated rings. The van der Waals surface area contributed by atoms with Crippen LogP contribution in [0, 0.1) is 5.41 Å². The van der Waals surface area contributed by atoms with Gasteiger partial charge < -0.3 is 9.73 Å². The molecule has 0 saturated carbocycles. The molecule has 0 radical (unpaired) electrons. The monoisotopic (exact) mass is 241 g/mol. The second-order valence-electron chi connectivity index (χ2n) is 4.64. The van der Waals surface area contributed by atoms with Crippen molar-refractivity contribution in [3.63, 3.8) is 0 Å². The second-order valence-corrected chi connectivity index (χ2v) is 5.74. The van der Waals surface area contributed by atoms with Crippen LogP contribution in [-0.2, 0) is 10.5 Å². The van der Waals surface area contributed by atoms with Crippen LogP contribution in [0.4, 0.5) is 0 Å². The average molecular weight is 241 g/mol. The van der Waals surface area contributed by atoms with Crippen molar-refractivity contribution in [2.24, 2.45) is 5.41 Å². The van der Waals surface area contributed by atoms with Gasteiger partial charge in [0.05, 0.1) is 12.0 Å². The summed E-state index contributed by atoms with van der Waals surface area (Å²) in [5.41, 5.74) is -0.300. The minimum atomic E-state index is -0.300. The lowest BCUT2D eigenvalue weighted by Gasteiger charge is -2.17. The minimum absolute atomic E-state index is 0.103. The summed E-state index contributed by atoms with van der Waals surface area (Å²) in [5, 5.41) is 2.91. The summed E-state index contributed by atoms with van der Waals surface area (Å²) in [4.78, 5) is 11.5. The highest BCUT2D eigenvalue weighted by molar-refractivity contribution is 7.98. The van der Waals surface area contributed by atoms with E-state index in [1.54, 1.807) is 18.0 Å². The molecule has 0 aliphatic rings. The van der Waals surface area contributed by atoms with Gasteiger partial charge in [-0.15, -0.1) is 0 Å². The van der Waals surface area contributed by atoms with Crippen molar-refractivity contribution in [3.8, 4) is 0 Å². The fourth-order valence-electron chi connectivity index (χ4n) is 1.07. The Morgan fingerprint density at radius 1 is 1.50 bits per heavy atom. The maximum absolute atomic E-state index is 11.5. The van der Waals surface area contributed by atoms with Crippen LogP contribution in [0.25, 0.3) is 0 Å². The van der Waals surface area contributed by atoms with E-state index in [2.05, 4.69) is 5.32 Å². The molecule has 0 bridgehead atoms. The van der Waals surface area contributed by atoms with Crippen molar-refractivity contribution < 1.29 is 9.21 Å². The number of hydrogen-bond acceptors (Lipinski definition) is 3. The van der Waals surface area contributed by atoms with Crippen molar-refractivity contribution in [3.05, 3.63) is 24.2 Å². The third-order valence-corrected chi connectivity index (χ3v) is 3.02. The number of rotatable bonds is 5. The Balaban J connectivity index is 2.06. The van der Waals surface area contributed by atoms with E-state index in [0.717, 1.165) is 17.3 Å². The summed E-state index contributed by atoms with van der Waals surface area (Å²) >= 11 is 1.76. The van der Waals surface area contributed by atoms with Gasteiger partial charge in [-0.2, -0.15) is 11.8 Å². The molecule has 1 heterocycles. The smallest absolute Gasteiger partial charge is 0.225 e. The molecule has 0 spiro atoms. The highest BCUT2D eigenvalue weighted by atomic mass is 32.2. The van der Waals surface area contributed by atoms with Gasteiger partial charge >= 0.3 is 0 Å². The summed E-state index contributed by atoms with van der Waals surface area (Å²) in [6.45, 7) is 6.45. The SMILES string of the molecule is CC(C)(C)C(=O)NCCSCc1ccco1. The first kappa shape index (κ1) is 13.2. The van der Waals surface area contributed by atoms with Gasteiger partial charge in [0.15, 0.2) is 0 Å². The molecule has 1 N–H and O–H groups in total. The molecule has 4 heteroatoms. The van der Waals surface area contributed by atoms with E-state index >= 15 is 0 Å². The number of hydrogen-bond donors (Lipinski definition) is 1. The molecule has 1 amide bonds. The summed E-state index contributed by atoms with van der Waals surface area (Å²) in [6.07, 6.45) is 1.68. The Morgan fingerprint density at radius 2 is 2.25 bits per heavy atom. The molecular formula is C12H19NO2S. The minimum Gasteiger partial charge on any atom is -0.468 e. The van der Waals surface area contributed by atoms with Crippen molar-refractivity contribution >= 4 is 17.7 Å². The van der Waals surface area contributed by atoms with Gasteiger partial charge in [-0.1, -0.05) is 20.8 Å². The Bertz CT molecular complexity index is 314. The van der Waals surface area contributed by atoms with E-state index in [4.69, 9.17) is 4.42 Å². The van der Waals surface area contributed by atoms with E-state index in [-0.39, 0.29) is 11.3 Å². The Kier molecular flexibility index (Phi) is 4.93. The molecule has 0 atom stereocenters. The molecule has 1 rings (SSSR count). The number of nitrogens with one attached hydrogen (secondary N) is 1. The Morgan fingerprint density at radius 3 is 2.81 bits per heavy atom. The van der Waals surface area contributed by atoms with Gasteiger partial charge in [0.1, 0.15) is 5.76 Å². The van der Waals surface area contributed by atoms with E-state index in [1.165, 1.54) is 0 Å². The van der Waals surface area contributed by atoms with Gasteiger partial charge in [-0.25, -0.2) is 0 Å². The van der Waals surface area contributed by atoms with E-state index in [1.807, 2.05) is 32.9 Å². The first-order valence-electron chi connectivity index (χ1n) is 5.38. The third kappa shape index (κ3) is 4.75. The van der Waals surface area contributed by atoms with Gasteiger partial charge in [0.25, 0.3) is 0 Å². The number of furan rings is 1. The molecule has 0 aliphatic heterocycles. The van der Waals surface area contributed by atoms with E-state index in [9.17, 15) is 4.79 Å². The second kappa shape index (κ2) is 5.99. The number of carbonyl (C=O) groups is 1. The molecule has 0 unspecified atom stereocenters. The third-order valence-electron chi connectivity index (χ3n) is 2.04. The summed E-state index contributed by atoms with van der Waals surface area (Å²) in [7, 11) is 0. The quantitative estimate of drug-likeness (QED) is 0.806. The molecule has 3 nitrogen and oxygen atoms in total. The van der Waals surface area contributed by atoms with Crippen LogP contribution in [0.1, 0.15) is 26.5 Å². The molecule has 16 heavy (non-hydrogen) atoms. The zero-order valence-corrected chi connectivity index (χ0v) is 10.9. The largest absolute Gasteiger partial charge is 0.468 e. The molecule has 0 saturated heterocycles. The van der Waals surface area contributed by atoms with E-state index < -0.39 is 0 Å². The number of thioether (sulfide) groups is 1. The molecule has 0 aliphatic carbocycles. The molecular weight excluding hydrogens is 222 g/mol. The number of amides is 1. The van der Waals surface area contributed by atoms with Crippen molar-refractivity contribution in [1.82, 2.24) is 5.32 Å². The predicted octanol–water partition coefficient (Wildman–Crippen LogP) is 2.68. The zero-order valence-electron chi connectivity index (χ0n) is 10.1. The summed E-state index contributed by atoms with van der Waals surface area (Å²) in [6, 6.07) is 3.85. The summed E-state index contributed by atoms with van der Waals surface area (Å²) in [5.74, 6) is 2.85. The lowest BCUT2D eigenvalue weighted by atomic mass is 9.96. The predicted molar refractivity (Wildman–Crippen MR) is 67.3 cm³/mol. The van der Waals surface area contributed by atoms with Gasteiger partial charge in [-0.3, -0.25) is 4.79 Å². The standard InChI is InChI=1S/C12H19NO2S/c1-12(2,3)11(14)13-6-8-16-9-10-5-4-7-15-10/h4-5,7H,6,8-9H2,1-3H3,(H,13,14). The molecule has 90 valence electrons. The fourth-order valence-corrected chi connectivity index (χ4v) is 1.83. The molecule has 0 aromatic carbocycles. The van der Waals surface area contributed by atoms with Gasteiger partial charge in [-0.05, 0) is 12.1 Å². The topological polar surface area (TPSA) is 42.2 Å². The first-order chi connectivity index (χ1) is 7.50. The number of carbonyl (C=O) groups excluding carboxylic acids is 1. The molecule has 1 aromatic rings. The molecule has 1 aromatic heterocycles. The van der Waals surface area contributed by atoms with Crippen LogP contribution in [0.2, 0.25) is 0 Å². The Labute approximate surface area is 101 Å². The van der Waals surface area contributed by atoms with Crippen LogP contribution in [0.3, 0.4) is 0 Å².